The van der Waals surface area contributed by atoms with Crippen LogP contribution in [0.5, 0.6) is 0 Å². The summed E-state index contributed by atoms with van der Waals surface area (Å²) >= 11 is 0. The van der Waals surface area contributed by atoms with Crippen LogP contribution in [0.2, 0.25) is 0 Å². The van der Waals surface area contributed by atoms with Gasteiger partial charge in [-0.15, -0.1) is 0 Å². The summed E-state index contributed by atoms with van der Waals surface area (Å²) in [6.45, 7) is 1.98. The van der Waals surface area contributed by atoms with Gasteiger partial charge in [0.1, 0.15) is 0 Å². The first-order chi connectivity index (χ1) is 9.28. The van der Waals surface area contributed by atoms with E-state index >= 15 is 0 Å². The molecule has 0 bridgehead atoms. The molecular formula is C16H18N2O. The van der Waals surface area contributed by atoms with Crippen LogP contribution in [-0.4, -0.2) is 11.7 Å². The Kier molecular flexibility index (Phi) is 3.13. The lowest BCUT2D eigenvalue weighted by Gasteiger charge is -2.21. The van der Waals surface area contributed by atoms with Gasteiger partial charge in [0.25, 0.3) is 0 Å². The van der Waals surface area contributed by atoms with Crippen molar-refractivity contribution >= 4 is 11.4 Å². The minimum Gasteiger partial charge on any atom is -0.397 e. The van der Waals surface area contributed by atoms with Crippen LogP contribution in [0.3, 0.4) is 0 Å². The molecule has 1 aliphatic rings. The van der Waals surface area contributed by atoms with Crippen molar-refractivity contribution in [2.75, 3.05) is 17.2 Å². The number of nitrogens with zero attached hydrogens (tertiary/aromatic N) is 1. The number of nitrogens with two attached hydrogens (primary N) is 1. The number of nitrogen functional groups attached to an aromatic ring is 1. The molecule has 2 aromatic carbocycles. The van der Waals surface area contributed by atoms with E-state index in [1.54, 1.807) is 0 Å². The van der Waals surface area contributed by atoms with E-state index in [4.69, 9.17) is 10.8 Å². The maximum absolute atomic E-state index is 9.05. The fourth-order valence-corrected chi connectivity index (χ4v) is 2.69. The second-order valence-corrected chi connectivity index (χ2v) is 5.00. The second kappa shape index (κ2) is 4.94. The minimum atomic E-state index is 0.0970. The average Bonchev–Trinajstić information content (AvgIpc) is 2.84. The van der Waals surface area contributed by atoms with Crippen molar-refractivity contribution in [3.63, 3.8) is 0 Å². The maximum atomic E-state index is 9.05. The Hall–Kier alpha value is -2.00. The highest BCUT2D eigenvalue weighted by atomic mass is 16.3. The Bertz CT molecular complexity index is 578. The Labute approximate surface area is 113 Å². The SMILES string of the molecule is Nc1cccc2c1N(Cc1ccc(CO)cc1)CC2. The normalized spacial score (nSPS) is 13.6. The predicted octanol–water partition coefficient (Wildman–Crippen LogP) is 2.32. The van der Waals surface area contributed by atoms with Crippen LogP contribution >= 0.6 is 0 Å². The number of fused-ring (bicyclic) bond motifs is 1. The van der Waals surface area contributed by atoms with E-state index in [0.717, 1.165) is 30.8 Å². The van der Waals surface area contributed by atoms with Crippen molar-refractivity contribution < 1.29 is 5.11 Å². The molecule has 98 valence electrons. The summed E-state index contributed by atoms with van der Waals surface area (Å²) in [7, 11) is 0. The van der Waals surface area contributed by atoms with Gasteiger partial charge in [-0.25, -0.2) is 0 Å². The standard InChI is InChI=1S/C16H18N2O/c17-15-3-1-2-14-8-9-18(16(14)15)10-12-4-6-13(11-19)7-5-12/h1-7,19H,8-11,17H2. The topological polar surface area (TPSA) is 49.5 Å². The molecular weight excluding hydrogens is 236 g/mol. The van der Waals surface area contributed by atoms with Gasteiger partial charge in [-0.2, -0.15) is 0 Å². The van der Waals surface area contributed by atoms with Gasteiger partial charge < -0.3 is 15.7 Å². The molecule has 3 heteroatoms. The zero-order valence-electron chi connectivity index (χ0n) is 10.8. The van der Waals surface area contributed by atoms with Gasteiger partial charge in [-0.1, -0.05) is 36.4 Å². The van der Waals surface area contributed by atoms with Crippen molar-refractivity contribution in [2.24, 2.45) is 0 Å². The van der Waals surface area contributed by atoms with E-state index in [9.17, 15) is 0 Å². The molecule has 0 amide bonds. The summed E-state index contributed by atoms with van der Waals surface area (Å²) in [5.41, 5.74) is 11.7. The summed E-state index contributed by atoms with van der Waals surface area (Å²) in [6.07, 6.45) is 1.06. The van der Waals surface area contributed by atoms with Gasteiger partial charge in [0.05, 0.1) is 18.0 Å². The molecule has 0 radical (unpaired) electrons. The predicted molar refractivity (Wildman–Crippen MR) is 78.0 cm³/mol. The second-order valence-electron chi connectivity index (χ2n) is 5.00. The van der Waals surface area contributed by atoms with Crippen molar-refractivity contribution in [2.45, 2.75) is 19.6 Å². The van der Waals surface area contributed by atoms with Crippen LogP contribution < -0.4 is 10.6 Å². The number of para-hydroxylation sites is 1. The Morgan fingerprint density at radius 2 is 1.79 bits per heavy atom. The van der Waals surface area contributed by atoms with Crippen molar-refractivity contribution in [3.8, 4) is 0 Å². The monoisotopic (exact) mass is 254 g/mol. The third kappa shape index (κ3) is 2.29. The summed E-state index contributed by atoms with van der Waals surface area (Å²) < 4.78 is 0. The van der Waals surface area contributed by atoms with Gasteiger partial charge in [0, 0.05) is 13.1 Å². The van der Waals surface area contributed by atoms with Crippen LogP contribution in [-0.2, 0) is 19.6 Å². The molecule has 3 rings (SSSR count). The molecule has 0 aliphatic carbocycles. The van der Waals surface area contributed by atoms with Crippen LogP contribution in [0.15, 0.2) is 42.5 Å². The quantitative estimate of drug-likeness (QED) is 0.826. The molecule has 0 aromatic heterocycles. The van der Waals surface area contributed by atoms with Crippen molar-refractivity contribution in [1.82, 2.24) is 0 Å². The van der Waals surface area contributed by atoms with E-state index in [-0.39, 0.29) is 6.61 Å². The zero-order valence-corrected chi connectivity index (χ0v) is 10.8. The van der Waals surface area contributed by atoms with E-state index in [1.165, 1.54) is 16.8 Å². The molecule has 1 aliphatic heterocycles. The van der Waals surface area contributed by atoms with Crippen LogP contribution in [0.1, 0.15) is 16.7 Å². The number of aliphatic hydroxyl groups is 1. The van der Waals surface area contributed by atoms with E-state index < -0.39 is 0 Å². The molecule has 0 fully saturated rings. The third-order valence-electron chi connectivity index (χ3n) is 3.70. The molecule has 0 saturated carbocycles. The summed E-state index contributed by atoms with van der Waals surface area (Å²) in [6, 6.07) is 14.2. The third-order valence-corrected chi connectivity index (χ3v) is 3.70. The smallest absolute Gasteiger partial charge is 0.0681 e. The number of rotatable bonds is 3. The highest BCUT2D eigenvalue weighted by molar-refractivity contribution is 5.74. The van der Waals surface area contributed by atoms with Crippen molar-refractivity contribution in [3.05, 3.63) is 59.2 Å². The molecule has 0 unspecified atom stereocenters. The van der Waals surface area contributed by atoms with Gasteiger partial charge in [0.2, 0.25) is 0 Å². The summed E-state index contributed by atoms with van der Waals surface area (Å²) in [5.74, 6) is 0. The van der Waals surface area contributed by atoms with Crippen molar-refractivity contribution in [1.29, 1.82) is 0 Å². The lowest BCUT2D eigenvalue weighted by Crippen LogP contribution is -2.20. The fourth-order valence-electron chi connectivity index (χ4n) is 2.69. The van der Waals surface area contributed by atoms with Gasteiger partial charge in [-0.3, -0.25) is 0 Å². The van der Waals surface area contributed by atoms with Gasteiger partial charge in [-0.05, 0) is 29.2 Å². The molecule has 2 aromatic rings. The van der Waals surface area contributed by atoms with Crippen LogP contribution in [0.25, 0.3) is 0 Å². The molecule has 19 heavy (non-hydrogen) atoms. The molecule has 1 heterocycles. The number of aliphatic hydroxyl groups excluding tert-OH is 1. The molecule has 0 atom stereocenters. The summed E-state index contributed by atoms with van der Waals surface area (Å²) in [4.78, 5) is 2.33. The lowest BCUT2D eigenvalue weighted by molar-refractivity contribution is 0.282. The highest BCUT2D eigenvalue weighted by Gasteiger charge is 2.21. The van der Waals surface area contributed by atoms with Crippen LogP contribution in [0.4, 0.5) is 11.4 Å². The molecule has 3 nitrogen and oxygen atoms in total. The van der Waals surface area contributed by atoms with Gasteiger partial charge >= 0.3 is 0 Å². The fraction of sp³-hybridized carbons (Fsp3) is 0.250. The number of anilines is 2. The Morgan fingerprint density at radius 3 is 2.53 bits per heavy atom. The van der Waals surface area contributed by atoms with E-state index in [1.807, 2.05) is 24.3 Å². The maximum Gasteiger partial charge on any atom is 0.0681 e. The molecule has 0 saturated heterocycles. The number of hydrogen-bond acceptors (Lipinski definition) is 3. The zero-order chi connectivity index (χ0) is 13.2. The van der Waals surface area contributed by atoms with Crippen LogP contribution in [0, 0.1) is 0 Å². The molecule has 3 N–H and O–H groups in total. The Morgan fingerprint density at radius 1 is 1.05 bits per heavy atom. The highest BCUT2D eigenvalue weighted by Crippen LogP contribution is 2.34. The first-order valence-electron chi connectivity index (χ1n) is 6.59. The lowest BCUT2D eigenvalue weighted by atomic mass is 10.1. The average molecular weight is 254 g/mol. The first-order valence-corrected chi connectivity index (χ1v) is 6.59. The van der Waals surface area contributed by atoms with E-state index in [0.29, 0.717) is 0 Å². The van der Waals surface area contributed by atoms with E-state index in [2.05, 4.69) is 23.1 Å². The minimum absolute atomic E-state index is 0.0970. The molecule has 0 spiro atoms. The first kappa shape index (κ1) is 12.1. The number of hydrogen-bond donors (Lipinski definition) is 2. The largest absolute Gasteiger partial charge is 0.397 e. The Balaban J connectivity index is 1.82. The number of benzene rings is 2. The van der Waals surface area contributed by atoms with Gasteiger partial charge in [0.15, 0.2) is 0 Å². The summed E-state index contributed by atoms with van der Waals surface area (Å²) in [5, 5.41) is 9.05.